The molecule has 1 aromatic carbocycles. The molecule has 1 aromatic rings. The van der Waals surface area contributed by atoms with Gasteiger partial charge >= 0.3 is 0 Å². The summed E-state index contributed by atoms with van der Waals surface area (Å²) in [6, 6.07) is 9.93. The molecule has 0 aliphatic carbocycles. The molecule has 0 amide bonds. The molecule has 0 fully saturated rings. The molecular weight excluding hydrogens is 196 g/mol. The Morgan fingerprint density at radius 2 is 2.12 bits per heavy atom. The number of nitrogens with one attached hydrogen (secondary N) is 1. The first-order chi connectivity index (χ1) is 7.86. The Morgan fingerprint density at radius 3 is 2.88 bits per heavy atom. The summed E-state index contributed by atoms with van der Waals surface area (Å²) in [6.45, 7) is 4.15. The Balaban J connectivity index is 2.19. The van der Waals surface area contributed by atoms with Crippen LogP contribution >= 0.6 is 0 Å². The minimum atomic E-state index is 0.741. The lowest BCUT2D eigenvalue weighted by atomic mass is 10.1. The Morgan fingerprint density at radius 1 is 1.25 bits per heavy atom. The minimum absolute atomic E-state index is 0.741. The van der Waals surface area contributed by atoms with Crippen LogP contribution in [0.15, 0.2) is 24.3 Å². The molecule has 0 radical (unpaired) electrons. The van der Waals surface area contributed by atoms with Gasteiger partial charge in [0.05, 0.1) is 11.6 Å². The highest BCUT2D eigenvalue weighted by atomic mass is 14.8. The quantitative estimate of drug-likeness (QED) is 0.710. The van der Waals surface area contributed by atoms with E-state index in [0.29, 0.717) is 0 Å². The van der Waals surface area contributed by atoms with Crippen LogP contribution in [0.25, 0.3) is 0 Å². The van der Waals surface area contributed by atoms with Crippen LogP contribution in [-0.4, -0.2) is 6.54 Å². The molecule has 0 saturated heterocycles. The Bertz CT molecular complexity index is 339. The van der Waals surface area contributed by atoms with Crippen molar-refractivity contribution in [3.63, 3.8) is 0 Å². The van der Waals surface area contributed by atoms with Gasteiger partial charge in [-0.25, -0.2) is 0 Å². The molecule has 1 rings (SSSR count). The van der Waals surface area contributed by atoms with Gasteiger partial charge in [0.2, 0.25) is 0 Å². The highest BCUT2D eigenvalue weighted by Crippen LogP contribution is 2.04. The fraction of sp³-hybridized carbons (Fsp3) is 0.500. The van der Waals surface area contributed by atoms with Crippen LogP contribution in [-0.2, 0) is 6.54 Å². The van der Waals surface area contributed by atoms with Gasteiger partial charge in [-0.2, -0.15) is 5.26 Å². The maximum Gasteiger partial charge on any atom is 0.0991 e. The lowest BCUT2D eigenvalue weighted by molar-refractivity contribution is 0.598. The summed E-state index contributed by atoms with van der Waals surface area (Å²) in [5.41, 5.74) is 1.93. The summed E-state index contributed by atoms with van der Waals surface area (Å²) in [4.78, 5) is 0. The van der Waals surface area contributed by atoms with E-state index < -0.39 is 0 Å². The molecule has 1 N–H and O–H groups in total. The van der Waals surface area contributed by atoms with E-state index in [9.17, 15) is 0 Å². The van der Waals surface area contributed by atoms with Crippen LogP contribution in [0.1, 0.15) is 43.7 Å². The molecule has 16 heavy (non-hydrogen) atoms. The third-order valence-electron chi connectivity index (χ3n) is 2.59. The van der Waals surface area contributed by atoms with Gasteiger partial charge in [0.1, 0.15) is 0 Å². The van der Waals surface area contributed by atoms with Crippen molar-refractivity contribution in [1.82, 2.24) is 5.32 Å². The van der Waals surface area contributed by atoms with Crippen LogP contribution in [0.4, 0.5) is 0 Å². The van der Waals surface area contributed by atoms with Gasteiger partial charge in [0, 0.05) is 6.54 Å². The van der Waals surface area contributed by atoms with Crippen molar-refractivity contribution in [2.45, 2.75) is 39.2 Å². The molecule has 0 saturated carbocycles. The maximum atomic E-state index is 8.76. The van der Waals surface area contributed by atoms with E-state index in [2.05, 4.69) is 24.4 Å². The zero-order chi connectivity index (χ0) is 11.6. The van der Waals surface area contributed by atoms with Crippen molar-refractivity contribution in [3.8, 4) is 6.07 Å². The molecular formula is C14H20N2. The molecule has 86 valence electrons. The van der Waals surface area contributed by atoms with Crippen LogP contribution in [0.5, 0.6) is 0 Å². The van der Waals surface area contributed by atoms with Gasteiger partial charge < -0.3 is 5.32 Å². The predicted octanol–water partition coefficient (Wildman–Crippen LogP) is 3.23. The molecule has 0 heterocycles. The number of hydrogen-bond acceptors (Lipinski definition) is 2. The minimum Gasteiger partial charge on any atom is -0.313 e. The molecule has 0 aromatic heterocycles. The standard InChI is InChI=1S/C14H20N2/c1-2-3-4-5-9-16-12-14-8-6-7-13(10-14)11-15/h6-8,10,16H,2-5,9,12H2,1H3. The first kappa shape index (κ1) is 12.7. The van der Waals surface area contributed by atoms with Crippen molar-refractivity contribution < 1.29 is 0 Å². The Hall–Kier alpha value is -1.33. The summed E-state index contributed by atoms with van der Waals surface area (Å²) in [7, 11) is 0. The van der Waals surface area contributed by atoms with Crippen LogP contribution in [0, 0.1) is 11.3 Å². The van der Waals surface area contributed by atoms with Gasteiger partial charge in [-0.15, -0.1) is 0 Å². The van der Waals surface area contributed by atoms with Gasteiger partial charge in [-0.05, 0) is 30.7 Å². The molecule has 0 spiro atoms. The first-order valence-corrected chi connectivity index (χ1v) is 6.06. The molecule has 2 heteroatoms. The van der Waals surface area contributed by atoms with Gasteiger partial charge in [0.25, 0.3) is 0 Å². The summed E-state index contributed by atoms with van der Waals surface area (Å²) < 4.78 is 0. The van der Waals surface area contributed by atoms with E-state index in [1.54, 1.807) is 0 Å². The van der Waals surface area contributed by atoms with E-state index in [0.717, 1.165) is 18.7 Å². The number of benzene rings is 1. The van der Waals surface area contributed by atoms with E-state index in [4.69, 9.17) is 5.26 Å². The zero-order valence-electron chi connectivity index (χ0n) is 10.00. The van der Waals surface area contributed by atoms with Crippen LogP contribution < -0.4 is 5.32 Å². The second-order valence-corrected chi connectivity index (χ2v) is 4.05. The first-order valence-electron chi connectivity index (χ1n) is 6.06. The van der Waals surface area contributed by atoms with E-state index in [1.807, 2.05) is 18.2 Å². The topological polar surface area (TPSA) is 35.8 Å². The second-order valence-electron chi connectivity index (χ2n) is 4.05. The zero-order valence-corrected chi connectivity index (χ0v) is 10.00. The monoisotopic (exact) mass is 216 g/mol. The summed E-state index contributed by atoms with van der Waals surface area (Å²) in [6.07, 6.45) is 5.16. The van der Waals surface area contributed by atoms with Crippen molar-refractivity contribution in [2.75, 3.05) is 6.54 Å². The Kier molecular flexibility index (Phi) is 6.29. The summed E-state index contributed by atoms with van der Waals surface area (Å²) in [5, 5.41) is 12.2. The van der Waals surface area contributed by atoms with Crippen LogP contribution in [0.2, 0.25) is 0 Å². The average Bonchev–Trinajstić information content (AvgIpc) is 2.34. The molecule has 0 bridgehead atoms. The summed E-state index contributed by atoms with van der Waals surface area (Å²) >= 11 is 0. The van der Waals surface area contributed by atoms with E-state index in [1.165, 1.54) is 31.2 Å². The fourth-order valence-corrected chi connectivity index (χ4v) is 1.66. The third kappa shape index (κ3) is 4.95. The highest BCUT2D eigenvalue weighted by Gasteiger charge is 1.94. The molecule has 0 unspecified atom stereocenters. The molecule has 0 aliphatic heterocycles. The van der Waals surface area contributed by atoms with Gasteiger partial charge in [-0.3, -0.25) is 0 Å². The predicted molar refractivity (Wildman–Crippen MR) is 67.0 cm³/mol. The Labute approximate surface area is 98.3 Å². The van der Waals surface area contributed by atoms with Crippen molar-refractivity contribution in [3.05, 3.63) is 35.4 Å². The number of unbranched alkanes of at least 4 members (excludes halogenated alkanes) is 3. The lowest BCUT2D eigenvalue weighted by Crippen LogP contribution is -2.14. The number of rotatable bonds is 7. The molecule has 2 nitrogen and oxygen atoms in total. The van der Waals surface area contributed by atoms with Gasteiger partial charge in [-0.1, -0.05) is 38.3 Å². The van der Waals surface area contributed by atoms with Crippen molar-refractivity contribution in [2.24, 2.45) is 0 Å². The number of nitrogens with zero attached hydrogens (tertiary/aromatic N) is 1. The highest BCUT2D eigenvalue weighted by molar-refractivity contribution is 5.32. The van der Waals surface area contributed by atoms with E-state index >= 15 is 0 Å². The smallest absolute Gasteiger partial charge is 0.0991 e. The SMILES string of the molecule is CCCCCCNCc1cccc(C#N)c1. The lowest BCUT2D eigenvalue weighted by Gasteiger charge is -2.04. The second kappa shape index (κ2) is 7.90. The normalized spacial score (nSPS) is 10.0. The average molecular weight is 216 g/mol. The van der Waals surface area contributed by atoms with E-state index in [-0.39, 0.29) is 0 Å². The van der Waals surface area contributed by atoms with Gasteiger partial charge in [0.15, 0.2) is 0 Å². The molecule has 0 atom stereocenters. The molecule has 0 aliphatic rings. The van der Waals surface area contributed by atoms with Crippen molar-refractivity contribution >= 4 is 0 Å². The number of nitriles is 1. The third-order valence-corrected chi connectivity index (χ3v) is 2.59. The number of hydrogen-bond donors (Lipinski definition) is 1. The summed E-state index contributed by atoms with van der Waals surface area (Å²) in [5.74, 6) is 0. The fourth-order valence-electron chi connectivity index (χ4n) is 1.66. The van der Waals surface area contributed by atoms with Crippen molar-refractivity contribution in [1.29, 1.82) is 5.26 Å². The maximum absolute atomic E-state index is 8.76. The largest absolute Gasteiger partial charge is 0.313 e. The van der Waals surface area contributed by atoms with Crippen LogP contribution in [0.3, 0.4) is 0 Å².